The highest BCUT2D eigenvalue weighted by Crippen LogP contribution is 2.07. The standard InChI is InChI=1S/C17H27FN4/c1-19-17(21-10-13-22-11-3-2-4-12-22)20-9-8-15-6-5-7-16(18)14-15/h5-7,14H,2-4,8-13H2,1H3,(H2,19,20,21). The number of nitrogens with zero attached hydrogens (tertiary/aromatic N) is 2. The smallest absolute Gasteiger partial charge is 0.191 e. The molecule has 22 heavy (non-hydrogen) atoms. The number of rotatable bonds is 6. The fourth-order valence-electron chi connectivity index (χ4n) is 2.75. The number of hydrogen-bond donors (Lipinski definition) is 2. The predicted molar refractivity (Wildman–Crippen MR) is 89.8 cm³/mol. The maximum Gasteiger partial charge on any atom is 0.191 e. The van der Waals surface area contributed by atoms with E-state index in [9.17, 15) is 4.39 Å². The molecule has 1 saturated heterocycles. The van der Waals surface area contributed by atoms with Crippen LogP contribution >= 0.6 is 0 Å². The molecule has 0 atom stereocenters. The summed E-state index contributed by atoms with van der Waals surface area (Å²) in [6, 6.07) is 6.74. The van der Waals surface area contributed by atoms with Crippen LogP contribution < -0.4 is 10.6 Å². The Hall–Kier alpha value is -1.62. The Kier molecular flexibility index (Phi) is 7.16. The van der Waals surface area contributed by atoms with Gasteiger partial charge in [0.25, 0.3) is 0 Å². The van der Waals surface area contributed by atoms with Crippen molar-refractivity contribution in [2.75, 3.05) is 39.8 Å². The van der Waals surface area contributed by atoms with Crippen molar-refractivity contribution in [2.24, 2.45) is 4.99 Å². The maximum atomic E-state index is 13.1. The van der Waals surface area contributed by atoms with Gasteiger partial charge in [-0.25, -0.2) is 4.39 Å². The highest BCUT2D eigenvalue weighted by atomic mass is 19.1. The Bertz CT molecular complexity index is 469. The van der Waals surface area contributed by atoms with Crippen molar-refractivity contribution in [3.05, 3.63) is 35.6 Å². The first-order valence-electron chi connectivity index (χ1n) is 8.19. The molecule has 0 bridgehead atoms. The minimum Gasteiger partial charge on any atom is -0.356 e. The lowest BCUT2D eigenvalue weighted by Crippen LogP contribution is -2.43. The van der Waals surface area contributed by atoms with Crippen molar-refractivity contribution in [1.82, 2.24) is 15.5 Å². The molecule has 0 aliphatic carbocycles. The van der Waals surface area contributed by atoms with Gasteiger partial charge in [0.15, 0.2) is 5.96 Å². The Morgan fingerprint density at radius 1 is 1.18 bits per heavy atom. The molecular weight excluding hydrogens is 279 g/mol. The normalized spacial score (nSPS) is 16.5. The second-order valence-corrected chi connectivity index (χ2v) is 5.71. The molecule has 0 unspecified atom stereocenters. The Morgan fingerprint density at radius 3 is 2.68 bits per heavy atom. The summed E-state index contributed by atoms with van der Waals surface area (Å²) >= 11 is 0. The lowest BCUT2D eigenvalue weighted by atomic mass is 10.1. The van der Waals surface area contributed by atoms with E-state index < -0.39 is 0 Å². The molecule has 0 saturated carbocycles. The molecule has 1 aliphatic rings. The summed E-state index contributed by atoms with van der Waals surface area (Å²) < 4.78 is 13.1. The van der Waals surface area contributed by atoms with Crippen LogP contribution in [-0.4, -0.2) is 50.6 Å². The molecular formula is C17H27FN4. The zero-order chi connectivity index (χ0) is 15.6. The van der Waals surface area contributed by atoms with Crippen molar-refractivity contribution in [2.45, 2.75) is 25.7 Å². The summed E-state index contributed by atoms with van der Waals surface area (Å²) in [6.07, 6.45) is 4.79. The first-order valence-corrected chi connectivity index (χ1v) is 8.19. The molecule has 1 aromatic carbocycles. The Morgan fingerprint density at radius 2 is 1.95 bits per heavy atom. The minimum atomic E-state index is -0.179. The van der Waals surface area contributed by atoms with Gasteiger partial charge >= 0.3 is 0 Å². The fourth-order valence-corrected chi connectivity index (χ4v) is 2.75. The second kappa shape index (κ2) is 9.41. The quantitative estimate of drug-likeness (QED) is 0.624. The zero-order valence-corrected chi connectivity index (χ0v) is 13.4. The molecule has 2 N–H and O–H groups in total. The third-order valence-corrected chi connectivity index (χ3v) is 3.99. The highest BCUT2D eigenvalue weighted by molar-refractivity contribution is 5.79. The molecule has 122 valence electrons. The van der Waals surface area contributed by atoms with Gasteiger partial charge in [-0.3, -0.25) is 4.99 Å². The van der Waals surface area contributed by atoms with Gasteiger partial charge in [-0.05, 0) is 50.0 Å². The van der Waals surface area contributed by atoms with E-state index in [2.05, 4.69) is 20.5 Å². The Labute approximate surface area is 132 Å². The lowest BCUT2D eigenvalue weighted by Gasteiger charge is -2.26. The van der Waals surface area contributed by atoms with Gasteiger partial charge in [0.1, 0.15) is 5.82 Å². The van der Waals surface area contributed by atoms with Gasteiger partial charge in [-0.2, -0.15) is 0 Å². The van der Waals surface area contributed by atoms with E-state index in [1.807, 2.05) is 6.07 Å². The largest absolute Gasteiger partial charge is 0.356 e. The lowest BCUT2D eigenvalue weighted by molar-refractivity contribution is 0.232. The predicted octanol–water partition coefficient (Wildman–Crippen LogP) is 2.02. The van der Waals surface area contributed by atoms with Crippen LogP contribution in [0.3, 0.4) is 0 Å². The van der Waals surface area contributed by atoms with E-state index in [1.165, 1.54) is 38.4 Å². The average molecular weight is 306 g/mol. The maximum absolute atomic E-state index is 13.1. The van der Waals surface area contributed by atoms with Crippen LogP contribution in [0.2, 0.25) is 0 Å². The van der Waals surface area contributed by atoms with Gasteiger partial charge in [-0.15, -0.1) is 0 Å². The number of likely N-dealkylation sites (tertiary alicyclic amines) is 1. The van der Waals surface area contributed by atoms with Crippen molar-refractivity contribution in [1.29, 1.82) is 0 Å². The molecule has 0 amide bonds. The SMILES string of the molecule is CN=C(NCCc1cccc(F)c1)NCCN1CCCCC1. The minimum absolute atomic E-state index is 0.179. The first kappa shape index (κ1) is 16.7. The molecule has 2 rings (SSSR count). The molecule has 0 spiro atoms. The van der Waals surface area contributed by atoms with Crippen molar-refractivity contribution in [3.8, 4) is 0 Å². The summed E-state index contributed by atoms with van der Waals surface area (Å²) in [5.74, 6) is 0.634. The van der Waals surface area contributed by atoms with E-state index in [4.69, 9.17) is 0 Å². The van der Waals surface area contributed by atoms with Crippen LogP contribution in [0.1, 0.15) is 24.8 Å². The first-order chi connectivity index (χ1) is 10.8. The van der Waals surface area contributed by atoms with Crippen molar-refractivity contribution in [3.63, 3.8) is 0 Å². The summed E-state index contributed by atoms with van der Waals surface area (Å²) in [5.41, 5.74) is 0.997. The number of hydrogen-bond acceptors (Lipinski definition) is 2. The van der Waals surface area contributed by atoms with Gasteiger partial charge < -0.3 is 15.5 Å². The van der Waals surface area contributed by atoms with Crippen LogP contribution in [0.15, 0.2) is 29.3 Å². The van der Waals surface area contributed by atoms with Crippen LogP contribution in [0.25, 0.3) is 0 Å². The van der Waals surface area contributed by atoms with E-state index in [1.54, 1.807) is 19.2 Å². The summed E-state index contributed by atoms with van der Waals surface area (Å²) in [6.45, 7) is 5.14. The van der Waals surface area contributed by atoms with E-state index in [-0.39, 0.29) is 5.82 Å². The van der Waals surface area contributed by atoms with E-state index >= 15 is 0 Å². The van der Waals surface area contributed by atoms with Gasteiger partial charge in [0.2, 0.25) is 0 Å². The van der Waals surface area contributed by atoms with Crippen molar-refractivity contribution < 1.29 is 4.39 Å². The topological polar surface area (TPSA) is 39.7 Å². The summed E-state index contributed by atoms with van der Waals surface area (Å²) in [4.78, 5) is 6.72. The number of guanidine groups is 1. The monoisotopic (exact) mass is 306 g/mol. The van der Waals surface area contributed by atoms with Crippen LogP contribution in [0, 0.1) is 5.82 Å². The molecule has 4 nitrogen and oxygen atoms in total. The third kappa shape index (κ3) is 6.02. The molecule has 1 aromatic rings. The van der Waals surface area contributed by atoms with Crippen LogP contribution in [0.4, 0.5) is 4.39 Å². The van der Waals surface area contributed by atoms with Gasteiger partial charge in [-0.1, -0.05) is 18.6 Å². The molecule has 1 heterocycles. The van der Waals surface area contributed by atoms with Crippen LogP contribution in [0.5, 0.6) is 0 Å². The molecule has 0 aromatic heterocycles. The number of piperidine rings is 1. The fraction of sp³-hybridized carbons (Fsp3) is 0.588. The number of nitrogens with one attached hydrogen (secondary N) is 2. The third-order valence-electron chi connectivity index (χ3n) is 3.99. The van der Waals surface area contributed by atoms with Gasteiger partial charge in [0.05, 0.1) is 0 Å². The number of benzene rings is 1. The number of halogens is 1. The van der Waals surface area contributed by atoms with E-state index in [0.29, 0.717) is 0 Å². The molecule has 0 radical (unpaired) electrons. The molecule has 5 heteroatoms. The zero-order valence-electron chi connectivity index (χ0n) is 13.4. The van der Waals surface area contributed by atoms with Crippen molar-refractivity contribution >= 4 is 5.96 Å². The molecule has 1 fully saturated rings. The van der Waals surface area contributed by atoms with E-state index in [0.717, 1.165) is 37.6 Å². The Balaban J connectivity index is 1.62. The number of aliphatic imine (C=N–C) groups is 1. The average Bonchev–Trinajstić information content (AvgIpc) is 2.54. The summed E-state index contributed by atoms with van der Waals surface area (Å²) in [5, 5.41) is 6.61. The second-order valence-electron chi connectivity index (χ2n) is 5.71. The summed E-state index contributed by atoms with van der Waals surface area (Å²) in [7, 11) is 1.78. The molecule has 1 aliphatic heterocycles. The van der Waals surface area contributed by atoms with Gasteiger partial charge in [0, 0.05) is 26.7 Å². The van der Waals surface area contributed by atoms with Crippen LogP contribution in [-0.2, 0) is 6.42 Å². The highest BCUT2D eigenvalue weighted by Gasteiger charge is 2.09.